The van der Waals surface area contributed by atoms with Crippen molar-refractivity contribution in [2.45, 2.75) is 46.3 Å². The number of aromatic nitrogens is 1. The zero-order valence-electron chi connectivity index (χ0n) is 11.7. The molecule has 0 aliphatic rings. The van der Waals surface area contributed by atoms with E-state index in [2.05, 4.69) is 67.9 Å². The number of hydrogen-bond acceptors (Lipinski definition) is 2. The predicted octanol–water partition coefficient (Wildman–Crippen LogP) is 3.85. The number of fused-ring (bicyclic) bond motifs is 1. The van der Waals surface area contributed by atoms with Gasteiger partial charge >= 0.3 is 0 Å². The minimum absolute atomic E-state index is 0.540. The Morgan fingerprint density at radius 1 is 1.00 bits per heavy atom. The monoisotopic (exact) mass is 242 g/mol. The first-order chi connectivity index (χ1) is 8.58. The topological polar surface area (TPSA) is 16.1 Å². The fourth-order valence-electron chi connectivity index (χ4n) is 2.36. The van der Waals surface area contributed by atoms with Crippen LogP contribution in [-0.2, 0) is 6.54 Å². The lowest BCUT2D eigenvalue weighted by molar-refractivity contribution is 0.164. The summed E-state index contributed by atoms with van der Waals surface area (Å²) in [6, 6.07) is 11.7. The van der Waals surface area contributed by atoms with Gasteiger partial charge in [0.1, 0.15) is 0 Å². The molecule has 0 N–H and O–H groups in total. The molecule has 0 aliphatic heterocycles. The average molecular weight is 242 g/mol. The molecule has 0 radical (unpaired) electrons. The van der Waals surface area contributed by atoms with Crippen LogP contribution in [0.15, 0.2) is 36.5 Å². The molecule has 2 rings (SSSR count). The van der Waals surface area contributed by atoms with Gasteiger partial charge in [0.2, 0.25) is 0 Å². The van der Waals surface area contributed by atoms with Crippen LogP contribution in [0, 0.1) is 0 Å². The van der Waals surface area contributed by atoms with Gasteiger partial charge in [-0.05, 0) is 39.1 Å². The Morgan fingerprint density at radius 3 is 2.22 bits per heavy atom. The number of rotatable bonds is 4. The van der Waals surface area contributed by atoms with Crippen molar-refractivity contribution in [1.82, 2.24) is 9.88 Å². The summed E-state index contributed by atoms with van der Waals surface area (Å²) in [6.45, 7) is 9.87. The highest BCUT2D eigenvalue weighted by molar-refractivity contribution is 5.81. The van der Waals surface area contributed by atoms with Gasteiger partial charge in [-0.25, -0.2) is 0 Å². The van der Waals surface area contributed by atoms with Gasteiger partial charge in [0.15, 0.2) is 0 Å². The lowest BCUT2D eigenvalue weighted by atomic mass is 10.1. The molecule has 96 valence electrons. The Morgan fingerprint density at radius 2 is 1.61 bits per heavy atom. The molecular weight excluding hydrogens is 220 g/mol. The van der Waals surface area contributed by atoms with Crippen LogP contribution in [0.3, 0.4) is 0 Å². The highest BCUT2D eigenvalue weighted by Gasteiger charge is 2.14. The SMILES string of the molecule is CC(C)N(Cc1cc2ccccc2cn1)C(C)C. The molecule has 2 heteroatoms. The summed E-state index contributed by atoms with van der Waals surface area (Å²) in [5, 5.41) is 2.48. The lowest BCUT2D eigenvalue weighted by Crippen LogP contribution is -2.36. The second-order valence-electron chi connectivity index (χ2n) is 5.38. The summed E-state index contributed by atoms with van der Waals surface area (Å²) >= 11 is 0. The van der Waals surface area contributed by atoms with Crippen molar-refractivity contribution in [3.8, 4) is 0 Å². The Bertz CT molecular complexity index is 509. The zero-order valence-corrected chi connectivity index (χ0v) is 11.7. The number of benzene rings is 1. The molecule has 1 heterocycles. The third-order valence-corrected chi connectivity index (χ3v) is 3.36. The molecule has 0 saturated carbocycles. The van der Waals surface area contributed by atoms with Crippen molar-refractivity contribution in [2.75, 3.05) is 0 Å². The van der Waals surface area contributed by atoms with Crippen molar-refractivity contribution in [3.05, 3.63) is 42.2 Å². The predicted molar refractivity (Wildman–Crippen MR) is 77.6 cm³/mol. The fraction of sp³-hybridized carbons (Fsp3) is 0.438. The minimum atomic E-state index is 0.540. The Kier molecular flexibility index (Phi) is 3.97. The van der Waals surface area contributed by atoms with Gasteiger partial charge in [-0.15, -0.1) is 0 Å². The van der Waals surface area contributed by atoms with E-state index in [9.17, 15) is 0 Å². The Hall–Kier alpha value is -1.41. The van der Waals surface area contributed by atoms with Gasteiger partial charge in [-0.1, -0.05) is 24.3 Å². The maximum Gasteiger partial charge on any atom is 0.0550 e. The van der Waals surface area contributed by atoms with Crippen LogP contribution in [0.1, 0.15) is 33.4 Å². The summed E-state index contributed by atoms with van der Waals surface area (Å²) < 4.78 is 0. The first-order valence-corrected chi connectivity index (χ1v) is 6.67. The Labute approximate surface area is 110 Å². The summed E-state index contributed by atoms with van der Waals surface area (Å²) in [7, 11) is 0. The summed E-state index contributed by atoms with van der Waals surface area (Å²) in [5.41, 5.74) is 1.15. The molecule has 0 amide bonds. The van der Waals surface area contributed by atoms with Crippen LogP contribution in [0.4, 0.5) is 0 Å². The molecule has 2 aromatic rings. The summed E-state index contributed by atoms with van der Waals surface area (Å²) in [4.78, 5) is 7.03. The second kappa shape index (κ2) is 5.49. The van der Waals surface area contributed by atoms with E-state index in [4.69, 9.17) is 0 Å². The fourth-order valence-corrected chi connectivity index (χ4v) is 2.36. The third kappa shape index (κ3) is 2.88. The van der Waals surface area contributed by atoms with Gasteiger partial charge in [0.05, 0.1) is 5.69 Å². The molecule has 0 aliphatic carbocycles. The first-order valence-electron chi connectivity index (χ1n) is 6.67. The standard InChI is InChI=1S/C16H22N2/c1-12(2)18(13(3)4)11-16-9-14-7-5-6-8-15(14)10-17-16/h5-10,12-13H,11H2,1-4H3. The molecule has 0 spiro atoms. The molecule has 0 bridgehead atoms. The van der Waals surface area contributed by atoms with E-state index < -0.39 is 0 Å². The van der Waals surface area contributed by atoms with Crippen molar-refractivity contribution >= 4 is 10.8 Å². The molecule has 0 atom stereocenters. The van der Waals surface area contributed by atoms with Crippen LogP contribution >= 0.6 is 0 Å². The highest BCUT2D eigenvalue weighted by Crippen LogP contribution is 2.16. The van der Waals surface area contributed by atoms with Crippen LogP contribution in [0.5, 0.6) is 0 Å². The maximum atomic E-state index is 4.57. The number of nitrogens with zero attached hydrogens (tertiary/aromatic N) is 2. The summed E-state index contributed by atoms with van der Waals surface area (Å²) in [6.07, 6.45) is 1.98. The van der Waals surface area contributed by atoms with Gasteiger partial charge in [0.25, 0.3) is 0 Å². The lowest BCUT2D eigenvalue weighted by Gasteiger charge is -2.30. The van der Waals surface area contributed by atoms with E-state index >= 15 is 0 Å². The Balaban J connectivity index is 2.25. The van der Waals surface area contributed by atoms with E-state index in [1.807, 2.05) is 6.20 Å². The van der Waals surface area contributed by atoms with E-state index in [0.29, 0.717) is 12.1 Å². The molecule has 2 nitrogen and oxygen atoms in total. The zero-order chi connectivity index (χ0) is 13.1. The molecule has 1 aromatic carbocycles. The average Bonchev–Trinajstić information content (AvgIpc) is 2.35. The highest BCUT2D eigenvalue weighted by atomic mass is 15.2. The maximum absolute atomic E-state index is 4.57. The molecule has 0 unspecified atom stereocenters. The van der Waals surface area contributed by atoms with Crippen molar-refractivity contribution in [3.63, 3.8) is 0 Å². The molecule has 18 heavy (non-hydrogen) atoms. The van der Waals surface area contributed by atoms with Crippen molar-refractivity contribution in [1.29, 1.82) is 0 Å². The third-order valence-electron chi connectivity index (χ3n) is 3.36. The molecular formula is C16H22N2. The normalized spacial score (nSPS) is 11.9. The van der Waals surface area contributed by atoms with Crippen molar-refractivity contribution in [2.24, 2.45) is 0 Å². The quantitative estimate of drug-likeness (QED) is 0.809. The van der Waals surface area contributed by atoms with Crippen LogP contribution in [0.2, 0.25) is 0 Å². The van der Waals surface area contributed by atoms with Gasteiger partial charge < -0.3 is 0 Å². The van der Waals surface area contributed by atoms with E-state index in [-0.39, 0.29) is 0 Å². The number of hydrogen-bond donors (Lipinski definition) is 0. The van der Waals surface area contributed by atoms with Gasteiger partial charge in [-0.2, -0.15) is 0 Å². The van der Waals surface area contributed by atoms with E-state index in [0.717, 1.165) is 12.2 Å². The molecule has 0 saturated heterocycles. The summed E-state index contributed by atoms with van der Waals surface area (Å²) in [5.74, 6) is 0. The van der Waals surface area contributed by atoms with E-state index in [1.54, 1.807) is 0 Å². The minimum Gasteiger partial charge on any atom is -0.293 e. The van der Waals surface area contributed by atoms with E-state index in [1.165, 1.54) is 10.8 Å². The smallest absolute Gasteiger partial charge is 0.0550 e. The van der Waals surface area contributed by atoms with Crippen LogP contribution in [0.25, 0.3) is 10.8 Å². The molecule has 1 aromatic heterocycles. The van der Waals surface area contributed by atoms with Gasteiger partial charge in [0, 0.05) is 30.2 Å². The largest absolute Gasteiger partial charge is 0.293 e. The molecule has 0 fully saturated rings. The number of pyridine rings is 1. The van der Waals surface area contributed by atoms with Crippen LogP contribution < -0.4 is 0 Å². The first kappa shape index (κ1) is 13.0. The van der Waals surface area contributed by atoms with Crippen molar-refractivity contribution < 1.29 is 0 Å². The van der Waals surface area contributed by atoms with Crippen LogP contribution in [-0.4, -0.2) is 22.0 Å². The second-order valence-corrected chi connectivity index (χ2v) is 5.38. The van der Waals surface area contributed by atoms with Gasteiger partial charge in [-0.3, -0.25) is 9.88 Å².